The second-order valence-electron chi connectivity index (χ2n) is 3.43. The lowest BCUT2D eigenvalue weighted by Crippen LogP contribution is -2.35. The van der Waals surface area contributed by atoms with Crippen molar-refractivity contribution in [3.8, 4) is 0 Å². The number of amides is 1. The van der Waals surface area contributed by atoms with Crippen LogP contribution >= 0.6 is 0 Å². The summed E-state index contributed by atoms with van der Waals surface area (Å²) in [4.78, 5) is 18.5. The van der Waals surface area contributed by atoms with Crippen LogP contribution in [0, 0.1) is 0 Å². The molecule has 0 saturated carbocycles. The Morgan fingerprint density at radius 3 is 2.74 bits per heavy atom. The van der Waals surface area contributed by atoms with Crippen molar-refractivity contribution >= 4 is 17.7 Å². The molecular weight excluding hydrogens is 263 g/mol. The maximum absolute atomic E-state index is 11.8. The van der Waals surface area contributed by atoms with Crippen LogP contribution < -0.4 is 16.4 Å². The maximum Gasteiger partial charge on any atom is 0.405 e. The summed E-state index contributed by atoms with van der Waals surface area (Å²) < 4.78 is 35.4. The molecule has 19 heavy (non-hydrogen) atoms. The molecule has 0 aliphatic heterocycles. The molecule has 0 unspecified atom stereocenters. The maximum atomic E-state index is 11.8. The molecule has 1 aromatic heterocycles. The van der Waals surface area contributed by atoms with Gasteiger partial charge in [0, 0.05) is 6.20 Å². The molecule has 4 N–H and O–H groups in total. The number of nitrogens with one attached hydrogen (secondary N) is 2. The first-order chi connectivity index (χ1) is 8.87. The number of carbonyl (C=O) groups is 1. The fraction of sp³-hybridized carbons (Fsp3) is 0.300. The number of pyridine rings is 1. The average molecular weight is 275 g/mol. The molecule has 6 nitrogen and oxygen atoms in total. The van der Waals surface area contributed by atoms with Gasteiger partial charge in [0.1, 0.15) is 18.9 Å². The lowest BCUT2D eigenvalue weighted by atomic mass is 10.5. The van der Waals surface area contributed by atoms with Gasteiger partial charge in [-0.2, -0.15) is 13.2 Å². The van der Waals surface area contributed by atoms with Gasteiger partial charge in [-0.3, -0.25) is 4.79 Å². The third kappa shape index (κ3) is 6.86. The fourth-order valence-electron chi connectivity index (χ4n) is 1.02. The zero-order valence-corrected chi connectivity index (χ0v) is 9.74. The van der Waals surface area contributed by atoms with Gasteiger partial charge in [0.05, 0.1) is 0 Å². The highest BCUT2D eigenvalue weighted by molar-refractivity contribution is 5.93. The molecule has 1 amide bonds. The molecule has 0 aliphatic rings. The van der Waals surface area contributed by atoms with Crippen LogP contribution in [0.5, 0.6) is 0 Å². The molecule has 9 heteroatoms. The summed E-state index contributed by atoms with van der Waals surface area (Å²) in [6.07, 6.45) is -2.93. The monoisotopic (exact) mass is 275 g/mol. The lowest BCUT2D eigenvalue weighted by Gasteiger charge is -2.07. The summed E-state index contributed by atoms with van der Waals surface area (Å²) in [5, 5.41) is 4.26. The highest BCUT2D eigenvalue weighted by Crippen LogP contribution is 2.11. The molecule has 0 atom stereocenters. The predicted octanol–water partition coefficient (Wildman–Crippen LogP) is 0.487. The molecule has 0 saturated heterocycles. The van der Waals surface area contributed by atoms with Crippen molar-refractivity contribution in [1.82, 2.24) is 10.3 Å². The minimum atomic E-state index is -4.45. The zero-order valence-electron chi connectivity index (χ0n) is 9.74. The van der Waals surface area contributed by atoms with E-state index in [-0.39, 0.29) is 5.96 Å². The van der Waals surface area contributed by atoms with Crippen LogP contribution in [0.4, 0.5) is 19.0 Å². The number of hydrogen-bond donors (Lipinski definition) is 3. The second-order valence-corrected chi connectivity index (χ2v) is 3.43. The third-order valence-corrected chi connectivity index (χ3v) is 1.80. The van der Waals surface area contributed by atoms with Crippen LogP contribution in [0.3, 0.4) is 0 Å². The summed E-state index contributed by atoms with van der Waals surface area (Å²) in [5.41, 5.74) is 5.43. The largest absolute Gasteiger partial charge is 0.405 e. The molecule has 104 valence electrons. The first-order valence-corrected chi connectivity index (χ1v) is 5.18. The number of alkyl halides is 3. The Bertz CT molecular complexity index is 446. The van der Waals surface area contributed by atoms with Gasteiger partial charge in [0.25, 0.3) is 0 Å². The van der Waals surface area contributed by atoms with Crippen molar-refractivity contribution in [3.63, 3.8) is 0 Å². The predicted molar refractivity (Wildman–Crippen MR) is 63.4 cm³/mol. The second kappa shape index (κ2) is 6.57. The molecule has 1 heterocycles. The van der Waals surface area contributed by atoms with Gasteiger partial charge in [0.15, 0.2) is 5.96 Å². The number of nitrogens with two attached hydrogens (primary N) is 1. The molecule has 1 aromatic rings. The summed E-state index contributed by atoms with van der Waals surface area (Å²) in [7, 11) is 0. The van der Waals surface area contributed by atoms with Crippen molar-refractivity contribution in [2.24, 2.45) is 10.7 Å². The number of rotatable bonds is 4. The van der Waals surface area contributed by atoms with Crippen molar-refractivity contribution in [2.75, 3.05) is 18.4 Å². The van der Waals surface area contributed by atoms with E-state index in [1.807, 2.05) is 0 Å². The van der Waals surface area contributed by atoms with Gasteiger partial charge < -0.3 is 16.4 Å². The van der Waals surface area contributed by atoms with E-state index in [1.54, 1.807) is 23.5 Å². The number of aliphatic imine (C=N–C) groups is 1. The minimum absolute atomic E-state index is 0.110. The van der Waals surface area contributed by atoms with Crippen molar-refractivity contribution < 1.29 is 18.0 Å². The summed E-state index contributed by atoms with van der Waals surface area (Å²) in [5.74, 6) is -0.566. The van der Waals surface area contributed by atoms with E-state index in [4.69, 9.17) is 5.73 Å². The summed E-state index contributed by atoms with van der Waals surface area (Å²) in [6, 6.07) is 5.02. The summed E-state index contributed by atoms with van der Waals surface area (Å²) >= 11 is 0. The van der Waals surface area contributed by atoms with Crippen LogP contribution in [0.25, 0.3) is 0 Å². The first-order valence-electron chi connectivity index (χ1n) is 5.18. The molecule has 0 spiro atoms. The van der Waals surface area contributed by atoms with Gasteiger partial charge >= 0.3 is 6.18 Å². The fourth-order valence-corrected chi connectivity index (χ4v) is 1.02. The topological polar surface area (TPSA) is 92.4 Å². The van der Waals surface area contributed by atoms with Gasteiger partial charge in [-0.1, -0.05) is 6.07 Å². The third-order valence-electron chi connectivity index (χ3n) is 1.80. The van der Waals surface area contributed by atoms with Gasteiger partial charge in [-0.15, -0.1) is 0 Å². The summed E-state index contributed by atoms with van der Waals surface area (Å²) in [6.45, 7) is -1.89. The van der Waals surface area contributed by atoms with E-state index in [0.717, 1.165) is 0 Å². The van der Waals surface area contributed by atoms with Crippen LogP contribution in [-0.4, -0.2) is 36.1 Å². The standard InChI is InChI=1S/C10H12F3N5O/c11-10(12,13)6-17-8(19)5-16-9(14)18-7-3-1-2-4-15-7/h1-4H,5-6H2,(H,17,19)(H3,14,15,16,18). The Kier molecular flexibility index (Phi) is 5.10. The number of nitrogens with zero attached hydrogens (tertiary/aromatic N) is 2. The molecule has 0 fully saturated rings. The normalized spacial score (nSPS) is 12.1. The number of anilines is 1. The number of halogens is 3. The minimum Gasteiger partial charge on any atom is -0.370 e. The first kappa shape index (κ1) is 14.7. The Hall–Kier alpha value is -2.32. The Morgan fingerprint density at radius 1 is 1.42 bits per heavy atom. The lowest BCUT2D eigenvalue weighted by molar-refractivity contribution is -0.137. The van der Waals surface area contributed by atoms with E-state index in [0.29, 0.717) is 5.82 Å². The van der Waals surface area contributed by atoms with E-state index in [1.165, 1.54) is 6.20 Å². The average Bonchev–Trinajstić information content (AvgIpc) is 2.34. The SMILES string of the molecule is NC(=NCC(=O)NCC(F)(F)F)Nc1ccccn1. The Balaban J connectivity index is 2.37. The highest BCUT2D eigenvalue weighted by Gasteiger charge is 2.27. The van der Waals surface area contributed by atoms with Crippen molar-refractivity contribution in [3.05, 3.63) is 24.4 Å². The van der Waals surface area contributed by atoms with Crippen LogP contribution in [0.1, 0.15) is 0 Å². The van der Waals surface area contributed by atoms with Crippen molar-refractivity contribution in [1.29, 1.82) is 0 Å². The molecule has 0 aliphatic carbocycles. The number of guanidine groups is 1. The van der Waals surface area contributed by atoms with E-state index in [9.17, 15) is 18.0 Å². The van der Waals surface area contributed by atoms with Gasteiger partial charge in [0.2, 0.25) is 5.91 Å². The number of carbonyl (C=O) groups excluding carboxylic acids is 1. The molecule has 1 rings (SSSR count). The van der Waals surface area contributed by atoms with Gasteiger partial charge in [-0.05, 0) is 12.1 Å². The van der Waals surface area contributed by atoms with Gasteiger partial charge in [-0.25, -0.2) is 9.98 Å². The molecule has 0 bridgehead atoms. The van der Waals surface area contributed by atoms with E-state index >= 15 is 0 Å². The molecular formula is C10H12F3N5O. The quantitative estimate of drug-likeness (QED) is 0.550. The van der Waals surface area contributed by atoms with E-state index in [2.05, 4.69) is 15.3 Å². The Morgan fingerprint density at radius 2 is 2.16 bits per heavy atom. The van der Waals surface area contributed by atoms with Crippen LogP contribution in [0.2, 0.25) is 0 Å². The van der Waals surface area contributed by atoms with Crippen LogP contribution in [0.15, 0.2) is 29.4 Å². The zero-order chi connectivity index (χ0) is 14.3. The molecule has 0 aromatic carbocycles. The van der Waals surface area contributed by atoms with E-state index < -0.39 is 25.2 Å². The Labute approximate surface area is 106 Å². The number of hydrogen-bond acceptors (Lipinski definition) is 3. The smallest absolute Gasteiger partial charge is 0.370 e. The van der Waals surface area contributed by atoms with Crippen molar-refractivity contribution in [2.45, 2.75) is 6.18 Å². The van der Waals surface area contributed by atoms with Crippen LogP contribution in [-0.2, 0) is 4.79 Å². The number of aromatic nitrogens is 1. The highest BCUT2D eigenvalue weighted by atomic mass is 19.4. The molecule has 0 radical (unpaired) electrons.